The average molecular weight is 312 g/mol. The molecule has 1 atom stereocenters. The highest BCUT2D eigenvalue weighted by Crippen LogP contribution is 2.30. The van der Waals surface area contributed by atoms with Crippen molar-refractivity contribution >= 4 is 15.9 Å². The first-order valence-corrected chi connectivity index (χ1v) is 6.25. The van der Waals surface area contributed by atoms with Gasteiger partial charge in [0.2, 0.25) is 0 Å². The van der Waals surface area contributed by atoms with Gasteiger partial charge in [-0.2, -0.15) is 0 Å². The number of aryl methyl sites for hydroxylation is 1. The Morgan fingerprint density at radius 3 is 2.33 bits per heavy atom. The number of hydrogen-bond acceptors (Lipinski definition) is 1. The molecule has 0 amide bonds. The van der Waals surface area contributed by atoms with E-state index in [1.54, 1.807) is 0 Å². The summed E-state index contributed by atoms with van der Waals surface area (Å²) in [4.78, 5) is 0. The summed E-state index contributed by atoms with van der Waals surface area (Å²) in [5.74, 6) is -1.26. The summed E-state index contributed by atoms with van der Waals surface area (Å²) in [7, 11) is 0. The maximum absolute atomic E-state index is 13.7. The molecule has 0 aromatic heterocycles. The zero-order valence-electron chi connectivity index (χ0n) is 9.75. The van der Waals surface area contributed by atoms with Crippen LogP contribution in [0.25, 0.3) is 0 Å². The standard InChI is InChI=1S/C14H12BrF2N/c1-8-5-6-10(15)9(7-8)14(18)13-11(16)3-2-4-12(13)17/h2-7,14H,18H2,1H3. The highest BCUT2D eigenvalue weighted by atomic mass is 79.9. The molecular weight excluding hydrogens is 300 g/mol. The van der Waals surface area contributed by atoms with Crippen LogP contribution in [0.5, 0.6) is 0 Å². The molecule has 0 saturated carbocycles. The van der Waals surface area contributed by atoms with Gasteiger partial charge in [-0.05, 0) is 30.7 Å². The van der Waals surface area contributed by atoms with Crippen LogP contribution in [0.1, 0.15) is 22.7 Å². The van der Waals surface area contributed by atoms with Gasteiger partial charge in [-0.25, -0.2) is 8.78 Å². The molecule has 0 fully saturated rings. The quantitative estimate of drug-likeness (QED) is 0.888. The molecule has 0 radical (unpaired) electrons. The Balaban J connectivity index is 2.54. The summed E-state index contributed by atoms with van der Waals surface area (Å²) in [5, 5.41) is 0. The van der Waals surface area contributed by atoms with Crippen LogP contribution in [-0.2, 0) is 0 Å². The fourth-order valence-electron chi connectivity index (χ4n) is 1.86. The van der Waals surface area contributed by atoms with Gasteiger partial charge in [0.1, 0.15) is 11.6 Å². The summed E-state index contributed by atoms with van der Waals surface area (Å²) in [6.45, 7) is 1.90. The maximum atomic E-state index is 13.7. The van der Waals surface area contributed by atoms with Gasteiger partial charge in [0.05, 0.1) is 6.04 Å². The minimum absolute atomic E-state index is 0.108. The number of hydrogen-bond donors (Lipinski definition) is 1. The van der Waals surface area contributed by atoms with E-state index in [1.165, 1.54) is 18.2 Å². The molecule has 2 N–H and O–H groups in total. The van der Waals surface area contributed by atoms with E-state index in [2.05, 4.69) is 15.9 Å². The number of rotatable bonds is 2. The Morgan fingerprint density at radius 1 is 1.11 bits per heavy atom. The topological polar surface area (TPSA) is 26.0 Å². The van der Waals surface area contributed by atoms with Gasteiger partial charge in [0, 0.05) is 10.0 Å². The van der Waals surface area contributed by atoms with Gasteiger partial charge in [0.15, 0.2) is 0 Å². The molecule has 0 aliphatic heterocycles. The first-order valence-electron chi connectivity index (χ1n) is 5.46. The van der Waals surface area contributed by atoms with Crippen molar-refractivity contribution in [3.05, 3.63) is 69.2 Å². The molecule has 1 nitrogen and oxygen atoms in total. The second kappa shape index (κ2) is 5.16. The van der Waals surface area contributed by atoms with Crippen LogP contribution in [0.4, 0.5) is 8.78 Å². The largest absolute Gasteiger partial charge is 0.320 e. The Morgan fingerprint density at radius 2 is 1.72 bits per heavy atom. The Bertz CT molecular complexity index is 564. The van der Waals surface area contributed by atoms with Crippen LogP contribution in [0.2, 0.25) is 0 Å². The van der Waals surface area contributed by atoms with Gasteiger partial charge in [-0.15, -0.1) is 0 Å². The Labute approximate surface area is 113 Å². The van der Waals surface area contributed by atoms with Crippen molar-refractivity contribution < 1.29 is 8.78 Å². The zero-order chi connectivity index (χ0) is 13.3. The summed E-state index contributed by atoms with van der Waals surface area (Å²) in [6, 6.07) is 8.46. The first kappa shape index (κ1) is 13.2. The van der Waals surface area contributed by atoms with E-state index in [-0.39, 0.29) is 5.56 Å². The number of nitrogens with two attached hydrogens (primary N) is 1. The fourth-order valence-corrected chi connectivity index (χ4v) is 2.36. The normalized spacial score (nSPS) is 12.5. The Hall–Kier alpha value is -1.26. The van der Waals surface area contributed by atoms with E-state index in [4.69, 9.17) is 5.73 Å². The van der Waals surface area contributed by atoms with Crippen molar-refractivity contribution in [1.29, 1.82) is 0 Å². The van der Waals surface area contributed by atoms with Crippen LogP contribution in [0, 0.1) is 18.6 Å². The molecule has 0 heterocycles. The molecular formula is C14H12BrF2N. The number of benzene rings is 2. The highest BCUT2D eigenvalue weighted by molar-refractivity contribution is 9.10. The minimum atomic E-state index is -0.833. The van der Waals surface area contributed by atoms with Gasteiger partial charge >= 0.3 is 0 Å². The van der Waals surface area contributed by atoms with Crippen molar-refractivity contribution in [2.75, 3.05) is 0 Å². The van der Waals surface area contributed by atoms with Crippen LogP contribution in [-0.4, -0.2) is 0 Å². The molecule has 0 aliphatic carbocycles. The lowest BCUT2D eigenvalue weighted by molar-refractivity contribution is 0.543. The molecule has 0 saturated heterocycles. The predicted molar refractivity (Wildman–Crippen MR) is 71.3 cm³/mol. The van der Waals surface area contributed by atoms with Gasteiger partial charge in [0.25, 0.3) is 0 Å². The molecule has 1 unspecified atom stereocenters. The maximum Gasteiger partial charge on any atom is 0.131 e. The second-order valence-electron chi connectivity index (χ2n) is 4.14. The molecule has 2 rings (SSSR count). The van der Waals surface area contributed by atoms with Crippen molar-refractivity contribution in [3.8, 4) is 0 Å². The summed E-state index contributed by atoms with van der Waals surface area (Å²) >= 11 is 3.35. The number of halogens is 3. The molecule has 0 aliphatic rings. The third kappa shape index (κ3) is 2.44. The highest BCUT2D eigenvalue weighted by Gasteiger charge is 2.20. The smallest absolute Gasteiger partial charge is 0.131 e. The first-order chi connectivity index (χ1) is 8.50. The van der Waals surface area contributed by atoms with E-state index in [9.17, 15) is 8.78 Å². The van der Waals surface area contributed by atoms with E-state index >= 15 is 0 Å². The Kier molecular flexibility index (Phi) is 3.78. The van der Waals surface area contributed by atoms with Gasteiger partial charge in [-0.1, -0.05) is 39.7 Å². The van der Waals surface area contributed by atoms with E-state index in [0.717, 1.165) is 10.0 Å². The summed E-state index contributed by atoms with van der Waals surface area (Å²) in [6.07, 6.45) is 0. The van der Waals surface area contributed by atoms with Crippen LogP contribution < -0.4 is 5.73 Å². The lowest BCUT2D eigenvalue weighted by atomic mass is 9.97. The average Bonchev–Trinajstić information content (AvgIpc) is 2.32. The van der Waals surface area contributed by atoms with Crippen LogP contribution in [0.3, 0.4) is 0 Å². The molecule has 18 heavy (non-hydrogen) atoms. The summed E-state index contributed by atoms with van der Waals surface area (Å²) < 4.78 is 28.1. The summed E-state index contributed by atoms with van der Waals surface area (Å²) in [5.41, 5.74) is 7.52. The molecule has 0 bridgehead atoms. The molecule has 2 aromatic rings. The lowest BCUT2D eigenvalue weighted by Gasteiger charge is -2.16. The van der Waals surface area contributed by atoms with Crippen molar-refractivity contribution in [2.45, 2.75) is 13.0 Å². The molecule has 0 spiro atoms. The van der Waals surface area contributed by atoms with Crippen molar-refractivity contribution in [1.82, 2.24) is 0 Å². The second-order valence-corrected chi connectivity index (χ2v) is 4.99. The van der Waals surface area contributed by atoms with E-state index in [0.29, 0.717) is 5.56 Å². The van der Waals surface area contributed by atoms with E-state index < -0.39 is 17.7 Å². The third-order valence-corrected chi connectivity index (χ3v) is 3.52. The molecule has 2 aromatic carbocycles. The fraction of sp³-hybridized carbons (Fsp3) is 0.143. The van der Waals surface area contributed by atoms with Crippen LogP contribution in [0.15, 0.2) is 40.9 Å². The predicted octanol–water partition coefficient (Wildman–Crippen LogP) is 4.08. The molecule has 94 valence electrons. The molecule has 4 heteroatoms. The van der Waals surface area contributed by atoms with Gasteiger partial charge in [-0.3, -0.25) is 0 Å². The van der Waals surface area contributed by atoms with E-state index in [1.807, 2.05) is 25.1 Å². The minimum Gasteiger partial charge on any atom is -0.320 e. The zero-order valence-corrected chi connectivity index (χ0v) is 11.3. The third-order valence-electron chi connectivity index (χ3n) is 2.80. The van der Waals surface area contributed by atoms with Crippen molar-refractivity contribution in [2.24, 2.45) is 5.73 Å². The van der Waals surface area contributed by atoms with Gasteiger partial charge < -0.3 is 5.73 Å². The van der Waals surface area contributed by atoms with Crippen LogP contribution >= 0.6 is 15.9 Å². The lowest BCUT2D eigenvalue weighted by Crippen LogP contribution is -2.16. The monoisotopic (exact) mass is 311 g/mol. The van der Waals surface area contributed by atoms with Crippen molar-refractivity contribution in [3.63, 3.8) is 0 Å². The SMILES string of the molecule is Cc1ccc(Br)c(C(N)c2c(F)cccc2F)c1.